The summed E-state index contributed by atoms with van der Waals surface area (Å²) in [6, 6.07) is 7.55. The van der Waals surface area contributed by atoms with Crippen molar-refractivity contribution in [3.63, 3.8) is 0 Å². The molecule has 58 valence electrons. The Labute approximate surface area is 71.0 Å². The predicted octanol–water partition coefficient (Wildman–Crippen LogP) is 1.74. The molecule has 0 heterocycles. The molecule has 0 fully saturated rings. The molecule has 1 rings (SSSR count). The topological polar surface area (TPSA) is 35.2 Å². The quantitative estimate of drug-likeness (QED) is 0.550. The van der Waals surface area contributed by atoms with Crippen LogP contribution in [0.15, 0.2) is 24.3 Å². The van der Waals surface area contributed by atoms with E-state index >= 15 is 0 Å². The van der Waals surface area contributed by atoms with Crippen LogP contribution in [-0.2, 0) is 11.3 Å². The first-order valence-electron chi connectivity index (χ1n) is 3.23. The average molecular weight is 167 g/mol. The first kappa shape index (κ1) is 8.01. The Morgan fingerprint density at radius 2 is 2.18 bits per heavy atom. The van der Waals surface area contributed by atoms with Gasteiger partial charge in [-0.1, -0.05) is 18.2 Å². The summed E-state index contributed by atoms with van der Waals surface area (Å²) in [5, 5.41) is 0. The van der Waals surface area contributed by atoms with Crippen LogP contribution in [0.1, 0.15) is 5.56 Å². The Morgan fingerprint density at radius 1 is 1.45 bits per heavy atom. The van der Waals surface area contributed by atoms with Gasteiger partial charge in [-0.25, -0.2) is 0 Å². The normalized spacial score (nSPS) is 9.09. The van der Waals surface area contributed by atoms with E-state index in [2.05, 4.69) is 12.2 Å². The lowest BCUT2D eigenvalue weighted by Crippen LogP contribution is -1.95. The summed E-state index contributed by atoms with van der Waals surface area (Å²) in [6.45, 7) is 0.455. The van der Waals surface area contributed by atoms with Crippen molar-refractivity contribution in [1.82, 2.24) is 0 Å². The highest BCUT2D eigenvalue weighted by molar-refractivity contribution is 7.78. The summed E-state index contributed by atoms with van der Waals surface area (Å²) >= 11 is 4.51. The molecule has 0 bridgehead atoms. The molecule has 11 heavy (non-hydrogen) atoms. The van der Waals surface area contributed by atoms with Crippen LogP contribution >= 0.6 is 12.2 Å². The van der Waals surface area contributed by atoms with Crippen molar-refractivity contribution in [2.75, 3.05) is 5.73 Å². The van der Waals surface area contributed by atoms with E-state index < -0.39 is 0 Å². The van der Waals surface area contributed by atoms with Gasteiger partial charge in [-0.15, -0.1) is 0 Å². The summed E-state index contributed by atoms with van der Waals surface area (Å²) in [4.78, 5) is 0. The van der Waals surface area contributed by atoms with E-state index in [-0.39, 0.29) is 0 Å². The zero-order valence-electron chi connectivity index (χ0n) is 5.99. The smallest absolute Gasteiger partial charge is 0.146 e. The number of hydrogen-bond donors (Lipinski definition) is 1. The number of rotatable bonds is 3. The minimum Gasteiger partial charge on any atom is -0.485 e. The highest BCUT2D eigenvalue weighted by atomic mass is 32.1. The number of anilines is 1. The first-order valence-corrected chi connectivity index (χ1v) is 3.70. The molecular formula is C8H9NOS. The van der Waals surface area contributed by atoms with Crippen molar-refractivity contribution < 1.29 is 4.74 Å². The number of para-hydroxylation sites is 1. The molecule has 0 saturated carbocycles. The van der Waals surface area contributed by atoms with Gasteiger partial charge >= 0.3 is 0 Å². The summed E-state index contributed by atoms with van der Waals surface area (Å²) in [5.41, 5.74) is 8.58. The maximum Gasteiger partial charge on any atom is 0.146 e. The zero-order chi connectivity index (χ0) is 8.10. The molecule has 0 unspecified atom stereocenters. The summed E-state index contributed by atoms with van der Waals surface area (Å²) < 4.78 is 4.91. The number of benzene rings is 1. The number of nitrogens with two attached hydrogens (primary N) is 1. The largest absolute Gasteiger partial charge is 0.485 e. The molecule has 1 aromatic rings. The molecule has 0 amide bonds. The molecule has 0 radical (unpaired) electrons. The van der Waals surface area contributed by atoms with Gasteiger partial charge in [0.1, 0.15) is 12.2 Å². The van der Waals surface area contributed by atoms with Crippen molar-refractivity contribution in [2.24, 2.45) is 0 Å². The van der Waals surface area contributed by atoms with Crippen LogP contribution in [0.5, 0.6) is 0 Å². The van der Waals surface area contributed by atoms with Crippen LogP contribution in [0.4, 0.5) is 5.69 Å². The van der Waals surface area contributed by atoms with Gasteiger partial charge in [-0.2, -0.15) is 0 Å². The Morgan fingerprint density at radius 3 is 2.82 bits per heavy atom. The monoisotopic (exact) mass is 167 g/mol. The van der Waals surface area contributed by atoms with Gasteiger partial charge in [0.05, 0.1) is 0 Å². The van der Waals surface area contributed by atoms with E-state index in [0.29, 0.717) is 6.61 Å². The average Bonchev–Trinajstić information content (AvgIpc) is 2.03. The van der Waals surface area contributed by atoms with Crippen LogP contribution in [0.25, 0.3) is 0 Å². The van der Waals surface area contributed by atoms with Gasteiger partial charge in [0.2, 0.25) is 0 Å². The molecule has 0 atom stereocenters. The molecule has 0 spiro atoms. The van der Waals surface area contributed by atoms with E-state index in [9.17, 15) is 0 Å². The molecular weight excluding hydrogens is 158 g/mol. The third-order valence-electron chi connectivity index (χ3n) is 1.36. The lowest BCUT2D eigenvalue weighted by molar-refractivity contribution is 0.316. The number of hydrogen-bond acceptors (Lipinski definition) is 3. The number of thiocarbonyl (C=S) groups is 1. The molecule has 3 heteroatoms. The van der Waals surface area contributed by atoms with Crippen LogP contribution in [0.2, 0.25) is 0 Å². The van der Waals surface area contributed by atoms with E-state index in [1.807, 2.05) is 24.3 Å². The number of ether oxygens (including phenoxy) is 1. The van der Waals surface area contributed by atoms with Gasteiger partial charge in [0, 0.05) is 11.3 Å². The summed E-state index contributed by atoms with van der Waals surface area (Å²) in [5.74, 6) is 0. The highest BCUT2D eigenvalue weighted by Crippen LogP contribution is 2.10. The molecule has 0 aliphatic heterocycles. The molecule has 1 aromatic carbocycles. The minimum atomic E-state index is 0.455. The van der Waals surface area contributed by atoms with Crippen molar-refractivity contribution in [2.45, 2.75) is 6.61 Å². The van der Waals surface area contributed by atoms with Crippen molar-refractivity contribution in [3.8, 4) is 0 Å². The van der Waals surface area contributed by atoms with Crippen molar-refractivity contribution in [1.29, 1.82) is 0 Å². The summed E-state index contributed by atoms with van der Waals surface area (Å²) in [6.07, 6.45) is 0. The SMILES string of the molecule is Nc1ccccc1COC=S. The fourth-order valence-corrected chi connectivity index (χ4v) is 0.857. The van der Waals surface area contributed by atoms with E-state index in [1.165, 1.54) is 5.55 Å². The first-order chi connectivity index (χ1) is 5.34. The standard InChI is InChI=1S/C8H9NOS/c9-8-4-2-1-3-7(8)5-10-6-11/h1-4,6H,5,9H2. The maximum absolute atomic E-state index is 5.63. The predicted molar refractivity (Wildman–Crippen MR) is 49.3 cm³/mol. The van der Waals surface area contributed by atoms with Crippen LogP contribution in [0.3, 0.4) is 0 Å². The minimum absolute atomic E-state index is 0.455. The van der Waals surface area contributed by atoms with E-state index in [1.54, 1.807) is 0 Å². The van der Waals surface area contributed by atoms with Crippen molar-refractivity contribution >= 4 is 23.5 Å². The van der Waals surface area contributed by atoms with Crippen LogP contribution in [0, 0.1) is 0 Å². The van der Waals surface area contributed by atoms with Crippen LogP contribution in [-0.4, -0.2) is 5.55 Å². The molecule has 0 aliphatic rings. The second kappa shape index (κ2) is 3.93. The Bertz CT molecular complexity index is 250. The van der Waals surface area contributed by atoms with Crippen molar-refractivity contribution in [3.05, 3.63) is 29.8 Å². The second-order valence-corrected chi connectivity index (χ2v) is 2.30. The maximum atomic E-state index is 5.63. The number of nitrogen functional groups attached to an aromatic ring is 1. The highest BCUT2D eigenvalue weighted by Gasteiger charge is 1.94. The Balaban J connectivity index is 2.69. The lowest BCUT2D eigenvalue weighted by Gasteiger charge is -2.02. The second-order valence-electron chi connectivity index (χ2n) is 2.11. The van der Waals surface area contributed by atoms with E-state index in [0.717, 1.165) is 11.3 Å². The van der Waals surface area contributed by atoms with Gasteiger partial charge in [-0.3, -0.25) is 0 Å². The summed E-state index contributed by atoms with van der Waals surface area (Å²) in [7, 11) is 0. The third kappa shape index (κ3) is 2.20. The fourth-order valence-electron chi connectivity index (χ4n) is 0.789. The van der Waals surface area contributed by atoms with Gasteiger partial charge < -0.3 is 10.5 Å². The third-order valence-corrected chi connectivity index (χ3v) is 1.50. The van der Waals surface area contributed by atoms with Gasteiger partial charge in [0.15, 0.2) is 0 Å². The van der Waals surface area contributed by atoms with Gasteiger partial charge in [0.25, 0.3) is 0 Å². The zero-order valence-corrected chi connectivity index (χ0v) is 6.80. The lowest BCUT2D eigenvalue weighted by atomic mass is 10.2. The van der Waals surface area contributed by atoms with Gasteiger partial charge in [-0.05, 0) is 18.3 Å². The molecule has 0 saturated heterocycles. The fraction of sp³-hybridized carbons (Fsp3) is 0.125. The Kier molecular flexibility index (Phi) is 2.86. The molecule has 0 aromatic heterocycles. The molecule has 2 N–H and O–H groups in total. The Hall–Kier alpha value is -1.09. The molecule has 0 aliphatic carbocycles. The van der Waals surface area contributed by atoms with Crippen LogP contribution < -0.4 is 5.73 Å². The van der Waals surface area contributed by atoms with E-state index in [4.69, 9.17) is 10.5 Å². The molecule has 2 nitrogen and oxygen atoms in total.